The van der Waals surface area contributed by atoms with E-state index in [1.165, 1.54) is 38.2 Å². The minimum Gasteiger partial charge on any atom is -0.382 e. The molecule has 1 aromatic carbocycles. The topological polar surface area (TPSA) is 74.8 Å². The lowest BCUT2D eigenvalue weighted by Gasteiger charge is -2.30. The average Bonchev–Trinajstić information content (AvgIpc) is 3.15. The first-order chi connectivity index (χ1) is 13.6. The van der Waals surface area contributed by atoms with Gasteiger partial charge in [0.1, 0.15) is 0 Å². The third-order valence-electron chi connectivity index (χ3n) is 5.48. The van der Waals surface area contributed by atoms with Crippen molar-refractivity contribution in [3.8, 4) is 0 Å². The van der Waals surface area contributed by atoms with Gasteiger partial charge in [-0.3, -0.25) is 9.79 Å². The first-order valence-electron chi connectivity index (χ1n) is 10.5. The van der Waals surface area contributed by atoms with Gasteiger partial charge in [0.15, 0.2) is 5.96 Å². The molecule has 1 aliphatic carbocycles. The Labute approximate surface area is 169 Å². The summed E-state index contributed by atoms with van der Waals surface area (Å²) < 4.78 is 5.60. The Kier molecular flexibility index (Phi) is 9.28. The van der Waals surface area contributed by atoms with Crippen LogP contribution in [0, 0.1) is 5.41 Å². The molecule has 1 fully saturated rings. The van der Waals surface area contributed by atoms with E-state index < -0.39 is 0 Å². The van der Waals surface area contributed by atoms with Crippen molar-refractivity contribution in [2.24, 2.45) is 10.4 Å². The van der Waals surface area contributed by atoms with Crippen LogP contribution in [0.1, 0.15) is 51.5 Å². The number of aliphatic imine (C=N–C) groups is 1. The second kappa shape index (κ2) is 11.7. The first-order valence-corrected chi connectivity index (χ1v) is 10.5. The zero-order chi connectivity index (χ0) is 20.2. The monoisotopic (exact) mass is 388 g/mol. The van der Waals surface area contributed by atoms with Crippen molar-refractivity contribution in [1.82, 2.24) is 10.6 Å². The molecular formula is C22H36N4O2. The van der Waals surface area contributed by atoms with Gasteiger partial charge in [0, 0.05) is 46.0 Å². The van der Waals surface area contributed by atoms with Crippen molar-refractivity contribution in [2.75, 3.05) is 38.7 Å². The van der Waals surface area contributed by atoms with Crippen molar-refractivity contribution in [2.45, 2.75) is 52.4 Å². The number of amides is 1. The molecule has 3 N–H and O–H groups in total. The maximum atomic E-state index is 11.1. The fraction of sp³-hybridized carbons (Fsp3) is 0.636. The maximum absolute atomic E-state index is 11.1. The molecule has 0 radical (unpaired) electrons. The molecule has 0 spiro atoms. The first kappa shape index (κ1) is 22.2. The molecule has 1 amide bonds. The van der Waals surface area contributed by atoms with Gasteiger partial charge in [0.2, 0.25) is 5.91 Å². The van der Waals surface area contributed by atoms with Gasteiger partial charge >= 0.3 is 0 Å². The summed E-state index contributed by atoms with van der Waals surface area (Å²) in [4.78, 5) is 15.5. The number of carbonyl (C=O) groups is 1. The molecule has 0 saturated heterocycles. The fourth-order valence-electron chi connectivity index (χ4n) is 3.85. The number of nitrogens with zero attached hydrogens (tertiary/aromatic N) is 1. The highest BCUT2D eigenvalue weighted by molar-refractivity contribution is 5.88. The van der Waals surface area contributed by atoms with E-state index in [0.717, 1.165) is 50.8 Å². The van der Waals surface area contributed by atoms with E-state index in [0.29, 0.717) is 5.41 Å². The highest BCUT2D eigenvalue weighted by Gasteiger charge is 2.33. The number of nitrogens with one attached hydrogen (secondary N) is 3. The van der Waals surface area contributed by atoms with Crippen LogP contribution in [-0.4, -0.2) is 45.2 Å². The molecule has 0 aliphatic heterocycles. The lowest BCUT2D eigenvalue weighted by molar-refractivity contribution is -0.114. The van der Waals surface area contributed by atoms with Gasteiger partial charge in [-0.15, -0.1) is 0 Å². The van der Waals surface area contributed by atoms with Crippen LogP contribution in [0.4, 0.5) is 5.69 Å². The fourth-order valence-corrected chi connectivity index (χ4v) is 3.85. The van der Waals surface area contributed by atoms with Crippen LogP contribution in [0.25, 0.3) is 0 Å². The predicted molar refractivity (Wildman–Crippen MR) is 116 cm³/mol. The Morgan fingerprint density at radius 2 is 1.89 bits per heavy atom. The number of hydrogen-bond donors (Lipinski definition) is 3. The van der Waals surface area contributed by atoms with Crippen LogP contribution in [-0.2, 0) is 16.0 Å². The van der Waals surface area contributed by atoms with Crippen LogP contribution in [0.5, 0.6) is 0 Å². The van der Waals surface area contributed by atoms with Gasteiger partial charge in [0.25, 0.3) is 0 Å². The molecule has 0 bridgehead atoms. The van der Waals surface area contributed by atoms with Crippen molar-refractivity contribution < 1.29 is 9.53 Å². The Morgan fingerprint density at radius 1 is 1.18 bits per heavy atom. The Bertz CT molecular complexity index is 622. The summed E-state index contributed by atoms with van der Waals surface area (Å²) in [6.07, 6.45) is 7.18. The number of guanidine groups is 1. The normalized spacial score (nSPS) is 16.0. The molecule has 1 aromatic rings. The molecule has 2 rings (SSSR count). The largest absolute Gasteiger partial charge is 0.382 e. The van der Waals surface area contributed by atoms with Crippen molar-refractivity contribution >= 4 is 17.6 Å². The van der Waals surface area contributed by atoms with E-state index in [2.05, 4.69) is 27.9 Å². The van der Waals surface area contributed by atoms with Gasteiger partial charge in [-0.25, -0.2) is 0 Å². The molecule has 6 heteroatoms. The summed E-state index contributed by atoms with van der Waals surface area (Å²) in [7, 11) is 1.82. The molecule has 0 aromatic heterocycles. The minimum absolute atomic E-state index is 0.0504. The summed E-state index contributed by atoms with van der Waals surface area (Å²) in [5, 5.41) is 9.73. The summed E-state index contributed by atoms with van der Waals surface area (Å²) in [5.74, 6) is 0.808. The number of anilines is 1. The van der Waals surface area contributed by atoms with Crippen LogP contribution >= 0.6 is 0 Å². The van der Waals surface area contributed by atoms with E-state index in [-0.39, 0.29) is 5.91 Å². The van der Waals surface area contributed by atoms with Crippen LogP contribution in [0.2, 0.25) is 0 Å². The standard InChI is InChI=1S/C22H36N4O2/c1-4-28-16-14-22(12-5-6-13-22)17-25-21(23-3)24-15-11-19-7-9-20(10-8-19)26-18(2)27/h7-10H,4-6,11-17H2,1-3H3,(H,26,27)(H2,23,24,25). The molecule has 0 atom stereocenters. The lowest BCUT2D eigenvalue weighted by atomic mass is 9.83. The maximum Gasteiger partial charge on any atom is 0.221 e. The van der Waals surface area contributed by atoms with E-state index in [4.69, 9.17) is 4.74 Å². The van der Waals surface area contributed by atoms with Crippen molar-refractivity contribution in [3.63, 3.8) is 0 Å². The molecule has 1 saturated carbocycles. The SMILES string of the molecule is CCOCCC1(CNC(=NC)NCCc2ccc(NC(C)=O)cc2)CCCC1. The Hall–Kier alpha value is -2.08. The van der Waals surface area contributed by atoms with E-state index in [1.54, 1.807) is 0 Å². The number of rotatable bonds is 10. The smallest absolute Gasteiger partial charge is 0.221 e. The van der Waals surface area contributed by atoms with Gasteiger partial charge in [-0.1, -0.05) is 25.0 Å². The zero-order valence-electron chi connectivity index (χ0n) is 17.6. The van der Waals surface area contributed by atoms with E-state index >= 15 is 0 Å². The van der Waals surface area contributed by atoms with Crippen molar-refractivity contribution in [3.05, 3.63) is 29.8 Å². The van der Waals surface area contributed by atoms with Gasteiger partial charge in [0.05, 0.1) is 0 Å². The number of benzene rings is 1. The highest BCUT2D eigenvalue weighted by atomic mass is 16.5. The van der Waals surface area contributed by atoms with Crippen LogP contribution < -0.4 is 16.0 Å². The second-order valence-corrected chi connectivity index (χ2v) is 7.63. The molecule has 1 aliphatic rings. The molecule has 0 unspecified atom stereocenters. The third-order valence-corrected chi connectivity index (χ3v) is 5.48. The number of hydrogen-bond acceptors (Lipinski definition) is 3. The second-order valence-electron chi connectivity index (χ2n) is 7.63. The van der Waals surface area contributed by atoms with Gasteiger partial charge < -0.3 is 20.7 Å². The highest BCUT2D eigenvalue weighted by Crippen LogP contribution is 2.40. The zero-order valence-corrected chi connectivity index (χ0v) is 17.6. The van der Waals surface area contributed by atoms with Crippen molar-refractivity contribution in [1.29, 1.82) is 0 Å². The molecular weight excluding hydrogens is 352 g/mol. The minimum atomic E-state index is -0.0504. The van der Waals surface area contributed by atoms with Gasteiger partial charge in [-0.05, 0) is 55.7 Å². The van der Waals surface area contributed by atoms with Crippen LogP contribution in [0.15, 0.2) is 29.3 Å². The lowest BCUT2D eigenvalue weighted by Crippen LogP contribution is -2.44. The Morgan fingerprint density at radius 3 is 2.50 bits per heavy atom. The van der Waals surface area contributed by atoms with Crippen LogP contribution in [0.3, 0.4) is 0 Å². The molecule has 156 valence electrons. The summed E-state index contributed by atoms with van der Waals surface area (Å²) >= 11 is 0. The van der Waals surface area contributed by atoms with E-state index in [9.17, 15) is 4.79 Å². The van der Waals surface area contributed by atoms with Gasteiger partial charge in [-0.2, -0.15) is 0 Å². The third kappa shape index (κ3) is 7.50. The molecule has 6 nitrogen and oxygen atoms in total. The van der Waals surface area contributed by atoms with E-state index in [1.807, 2.05) is 31.3 Å². The number of ether oxygens (including phenoxy) is 1. The Balaban J connectivity index is 1.75. The summed E-state index contributed by atoms with van der Waals surface area (Å²) in [5.41, 5.74) is 2.39. The summed E-state index contributed by atoms with van der Waals surface area (Å²) in [6.45, 7) is 6.97. The number of carbonyl (C=O) groups excluding carboxylic acids is 1. The quantitative estimate of drug-likeness (QED) is 0.326. The summed E-state index contributed by atoms with van der Waals surface area (Å²) in [6, 6.07) is 7.97. The molecule has 28 heavy (non-hydrogen) atoms. The average molecular weight is 389 g/mol. The molecule has 0 heterocycles. The predicted octanol–water partition coefficient (Wildman–Crippen LogP) is 3.34.